The minimum atomic E-state index is -0.121. The Kier molecular flexibility index (Phi) is 3.23. The molecule has 2 heterocycles. The molecule has 0 saturated heterocycles. The molecule has 90 valence electrons. The first-order valence-electron chi connectivity index (χ1n) is 5.36. The van der Waals surface area contributed by atoms with E-state index in [4.69, 9.17) is 0 Å². The Morgan fingerprint density at radius 2 is 2.29 bits per heavy atom. The van der Waals surface area contributed by atoms with Crippen LogP contribution in [0.3, 0.4) is 0 Å². The summed E-state index contributed by atoms with van der Waals surface area (Å²) in [6, 6.07) is 1.77. The number of hydrogen-bond donors (Lipinski definition) is 1. The number of aryl methyl sites for hydroxylation is 2. The van der Waals surface area contributed by atoms with Crippen LogP contribution < -0.4 is 10.9 Å². The molecule has 0 spiro atoms. The Labute approximate surface area is 103 Å². The third-order valence-electron chi connectivity index (χ3n) is 2.29. The highest BCUT2D eigenvalue weighted by molar-refractivity contribution is 7.14. The highest BCUT2D eigenvalue weighted by Gasteiger charge is 2.10. The van der Waals surface area contributed by atoms with Crippen molar-refractivity contribution in [3.8, 4) is 11.3 Å². The molecule has 1 N–H and O–H groups in total. The number of aromatic nitrogens is 3. The van der Waals surface area contributed by atoms with E-state index in [2.05, 4.69) is 15.4 Å². The molecule has 0 saturated carbocycles. The zero-order valence-electron chi connectivity index (χ0n) is 10.0. The van der Waals surface area contributed by atoms with Crippen LogP contribution in [0.2, 0.25) is 0 Å². The lowest BCUT2D eigenvalue weighted by Crippen LogP contribution is -2.21. The van der Waals surface area contributed by atoms with Crippen LogP contribution in [0.4, 0.5) is 5.13 Å². The molecule has 0 aromatic carbocycles. The minimum absolute atomic E-state index is 0.121. The predicted molar refractivity (Wildman–Crippen MR) is 69.5 cm³/mol. The first kappa shape index (κ1) is 11.8. The summed E-state index contributed by atoms with van der Waals surface area (Å²) in [5, 5.41) is 9.91. The van der Waals surface area contributed by atoms with E-state index in [-0.39, 0.29) is 5.56 Å². The molecule has 5 nitrogen and oxygen atoms in total. The van der Waals surface area contributed by atoms with E-state index in [1.807, 2.05) is 19.2 Å². The van der Waals surface area contributed by atoms with Gasteiger partial charge in [-0.05, 0) is 19.9 Å². The topological polar surface area (TPSA) is 59.8 Å². The SMILES string of the molecule is CCNc1nc(-c2cc(C)nn(C)c2=O)cs1. The van der Waals surface area contributed by atoms with Gasteiger partial charge in [0.2, 0.25) is 0 Å². The molecule has 0 aliphatic rings. The van der Waals surface area contributed by atoms with Crippen molar-refractivity contribution < 1.29 is 0 Å². The van der Waals surface area contributed by atoms with Crippen molar-refractivity contribution in [2.24, 2.45) is 7.05 Å². The molecule has 0 aliphatic heterocycles. The van der Waals surface area contributed by atoms with Crippen molar-refractivity contribution in [2.75, 3.05) is 11.9 Å². The molecule has 2 aromatic heterocycles. The fourth-order valence-corrected chi connectivity index (χ4v) is 2.35. The third kappa shape index (κ3) is 2.36. The van der Waals surface area contributed by atoms with Crippen LogP contribution in [0.15, 0.2) is 16.2 Å². The molecule has 0 unspecified atom stereocenters. The zero-order valence-corrected chi connectivity index (χ0v) is 10.8. The average molecular weight is 250 g/mol. The third-order valence-corrected chi connectivity index (χ3v) is 3.09. The van der Waals surface area contributed by atoms with Crippen molar-refractivity contribution in [3.05, 3.63) is 27.5 Å². The van der Waals surface area contributed by atoms with Crippen molar-refractivity contribution in [2.45, 2.75) is 13.8 Å². The van der Waals surface area contributed by atoms with E-state index in [0.717, 1.165) is 17.4 Å². The maximum atomic E-state index is 11.9. The van der Waals surface area contributed by atoms with Gasteiger partial charge in [0.25, 0.3) is 5.56 Å². The van der Waals surface area contributed by atoms with E-state index in [1.54, 1.807) is 13.1 Å². The van der Waals surface area contributed by atoms with Gasteiger partial charge in [0.05, 0.1) is 17.0 Å². The first-order valence-corrected chi connectivity index (χ1v) is 6.24. The summed E-state index contributed by atoms with van der Waals surface area (Å²) in [4.78, 5) is 16.3. The number of thiazole rings is 1. The number of nitrogens with one attached hydrogen (secondary N) is 1. The normalized spacial score (nSPS) is 10.5. The Balaban J connectivity index is 2.48. The molecule has 0 radical (unpaired) electrons. The van der Waals surface area contributed by atoms with Gasteiger partial charge >= 0.3 is 0 Å². The fraction of sp³-hybridized carbons (Fsp3) is 0.364. The molecule has 0 atom stereocenters. The standard InChI is InChI=1S/C11H14N4OS/c1-4-12-11-13-9(6-17-11)8-5-7(2)14-15(3)10(8)16/h5-6H,4H2,1-3H3,(H,12,13). The van der Waals surface area contributed by atoms with E-state index in [1.165, 1.54) is 16.0 Å². The van der Waals surface area contributed by atoms with Crippen LogP contribution in [-0.2, 0) is 7.05 Å². The first-order chi connectivity index (χ1) is 8.11. The molecular weight excluding hydrogens is 236 g/mol. The maximum absolute atomic E-state index is 11.9. The summed E-state index contributed by atoms with van der Waals surface area (Å²) in [5.74, 6) is 0. The molecule has 6 heteroatoms. The van der Waals surface area contributed by atoms with E-state index >= 15 is 0 Å². The Bertz CT molecular complexity index is 587. The van der Waals surface area contributed by atoms with Gasteiger partial charge in [0, 0.05) is 19.0 Å². The molecule has 2 rings (SSSR count). The zero-order chi connectivity index (χ0) is 12.4. The molecule has 0 amide bonds. The molecule has 0 fully saturated rings. The average Bonchev–Trinajstić information content (AvgIpc) is 2.72. The highest BCUT2D eigenvalue weighted by Crippen LogP contribution is 2.22. The minimum Gasteiger partial charge on any atom is -0.362 e. The number of anilines is 1. The fourth-order valence-electron chi connectivity index (χ4n) is 1.57. The summed E-state index contributed by atoms with van der Waals surface area (Å²) in [7, 11) is 1.65. The smallest absolute Gasteiger partial charge is 0.275 e. The second-order valence-corrected chi connectivity index (χ2v) is 4.55. The monoisotopic (exact) mass is 250 g/mol. The lowest BCUT2D eigenvalue weighted by atomic mass is 10.2. The number of nitrogens with zero attached hydrogens (tertiary/aromatic N) is 3. The Morgan fingerprint density at radius 3 is 3.00 bits per heavy atom. The largest absolute Gasteiger partial charge is 0.362 e. The van der Waals surface area contributed by atoms with Crippen molar-refractivity contribution in [1.29, 1.82) is 0 Å². The number of rotatable bonds is 3. The maximum Gasteiger partial charge on any atom is 0.275 e. The van der Waals surface area contributed by atoms with E-state index < -0.39 is 0 Å². The Morgan fingerprint density at radius 1 is 1.53 bits per heavy atom. The van der Waals surface area contributed by atoms with Crippen LogP contribution in [0, 0.1) is 6.92 Å². The van der Waals surface area contributed by atoms with Gasteiger partial charge in [-0.2, -0.15) is 5.10 Å². The van der Waals surface area contributed by atoms with E-state index in [0.29, 0.717) is 11.3 Å². The van der Waals surface area contributed by atoms with Crippen LogP contribution in [0.5, 0.6) is 0 Å². The van der Waals surface area contributed by atoms with Crippen LogP contribution in [0.1, 0.15) is 12.6 Å². The van der Waals surface area contributed by atoms with Gasteiger partial charge in [-0.1, -0.05) is 0 Å². The van der Waals surface area contributed by atoms with Gasteiger partial charge in [0.15, 0.2) is 5.13 Å². The summed E-state index contributed by atoms with van der Waals surface area (Å²) in [5.41, 5.74) is 1.99. The Hall–Kier alpha value is -1.69. The quantitative estimate of drug-likeness (QED) is 0.899. The molecule has 2 aromatic rings. The van der Waals surface area contributed by atoms with Crippen LogP contribution in [-0.4, -0.2) is 21.3 Å². The summed E-state index contributed by atoms with van der Waals surface area (Å²) >= 11 is 1.50. The second-order valence-electron chi connectivity index (χ2n) is 3.70. The molecule has 0 aliphatic carbocycles. The molecule has 17 heavy (non-hydrogen) atoms. The van der Waals surface area contributed by atoms with Gasteiger partial charge in [-0.3, -0.25) is 4.79 Å². The second kappa shape index (κ2) is 4.67. The lowest BCUT2D eigenvalue weighted by Gasteiger charge is -2.02. The van der Waals surface area contributed by atoms with Crippen molar-refractivity contribution >= 4 is 16.5 Å². The summed E-state index contributed by atoms with van der Waals surface area (Å²) in [6.45, 7) is 4.69. The summed E-state index contributed by atoms with van der Waals surface area (Å²) < 4.78 is 1.34. The van der Waals surface area contributed by atoms with Gasteiger partial charge in [0.1, 0.15) is 0 Å². The van der Waals surface area contributed by atoms with Crippen LogP contribution >= 0.6 is 11.3 Å². The number of hydrogen-bond acceptors (Lipinski definition) is 5. The summed E-state index contributed by atoms with van der Waals surface area (Å²) in [6.07, 6.45) is 0. The molecular formula is C11H14N4OS. The van der Waals surface area contributed by atoms with E-state index in [9.17, 15) is 4.79 Å². The van der Waals surface area contributed by atoms with Crippen molar-refractivity contribution in [1.82, 2.24) is 14.8 Å². The van der Waals surface area contributed by atoms with Gasteiger partial charge in [-0.15, -0.1) is 11.3 Å². The van der Waals surface area contributed by atoms with Gasteiger partial charge in [-0.25, -0.2) is 9.67 Å². The molecule has 0 bridgehead atoms. The highest BCUT2D eigenvalue weighted by atomic mass is 32.1. The van der Waals surface area contributed by atoms with Gasteiger partial charge < -0.3 is 5.32 Å². The van der Waals surface area contributed by atoms with Crippen LogP contribution in [0.25, 0.3) is 11.3 Å². The predicted octanol–water partition coefficient (Wildman–Crippen LogP) is 1.64. The van der Waals surface area contributed by atoms with Crippen molar-refractivity contribution in [3.63, 3.8) is 0 Å². The lowest BCUT2D eigenvalue weighted by molar-refractivity contribution is 0.694.